The molecule has 2 rings (SSSR count). The van der Waals surface area contributed by atoms with Crippen molar-refractivity contribution in [2.75, 3.05) is 0 Å². The first-order valence-electron chi connectivity index (χ1n) is 5.50. The van der Waals surface area contributed by atoms with E-state index in [0.29, 0.717) is 5.15 Å². The molecule has 0 bridgehead atoms. The molecule has 0 amide bonds. The summed E-state index contributed by atoms with van der Waals surface area (Å²) in [4.78, 5) is 7.41. The first kappa shape index (κ1) is 11.4. The monoisotopic (exact) mass is 237 g/mol. The number of nitrogens with zero attached hydrogens (tertiary/aromatic N) is 1. The number of nitrogens with two attached hydrogens (primary N) is 1. The molecule has 0 aliphatic heterocycles. The van der Waals surface area contributed by atoms with Gasteiger partial charge in [-0.25, -0.2) is 4.98 Å². The highest BCUT2D eigenvalue weighted by molar-refractivity contribution is 6.29. The van der Waals surface area contributed by atoms with E-state index >= 15 is 0 Å². The highest BCUT2D eigenvalue weighted by atomic mass is 35.5. The van der Waals surface area contributed by atoms with Crippen LogP contribution in [0.4, 0.5) is 0 Å². The van der Waals surface area contributed by atoms with Crippen LogP contribution in [0.25, 0.3) is 11.0 Å². The third kappa shape index (κ3) is 2.06. The Balaban J connectivity index is 2.48. The fraction of sp³-hybridized carbons (Fsp3) is 0.417. The van der Waals surface area contributed by atoms with E-state index in [4.69, 9.17) is 17.3 Å². The molecule has 3 nitrogen and oxygen atoms in total. The summed E-state index contributed by atoms with van der Waals surface area (Å²) < 4.78 is 0. The predicted molar refractivity (Wildman–Crippen MR) is 67.8 cm³/mol. The summed E-state index contributed by atoms with van der Waals surface area (Å²) in [6, 6.07) is 2.09. The zero-order valence-corrected chi connectivity index (χ0v) is 10.3. The van der Waals surface area contributed by atoms with Crippen LogP contribution >= 0.6 is 11.6 Å². The number of hydrogen-bond acceptors (Lipinski definition) is 2. The summed E-state index contributed by atoms with van der Waals surface area (Å²) in [5.74, 6) is 0. The zero-order valence-electron chi connectivity index (χ0n) is 9.55. The number of aryl methyl sites for hydroxylation is 1. The molecule has 0 saturated carbocycles. The Morgan fingerprint density at radius 2 is 2.31 bits per heavy atom. The zero-order chi connectivity index (χ0) is 11.7. The molecule has 1 atom stereocenters. The van der Waals surface area contributed by atoms with Crippen LogP contribution in [0.1, 0.15) is 24.5 Å². The Hall–Kier alpha value is -1.06. The first-order valence-corrected chi connectivity index (χ1v) is 5.88. The Morgan fingerprint density at radius 1 is 1.56 bits per heavy atom. The lowest BCUT2D eigenvalue weighted by molar-refractivity contribution is 0.648. The van der Waals surface area contributed by atoms with Gasteiger partial charge in [0.2, 0.25) is 0 Å². The van der Waals surface area contributed by atoms with Crippen molar-refractivity contribution in [2.24, 2.45) is 5.73 Å². The van der Waals surface area contributed by atoms with Crippen molar-refractivity contribution in [3.63, 3.8) is 0 Å². The number of hydrogen-bond donors (Lipinski definition) is 2. The molecule has 2 aromatic heterocycles. The second kappa shape index (κ2) is 4.44. The number of rotatable bonds is 3. The minimum atomic E-state index is 0.203. The third-order valence-corrected chi connectivity index (χ3v) is 3.09. The highest BCUT2D eigenvalue weighted by Gasteiger charge is 2.11. The molecule has 0 aliphatic carbocycles. The van der Waals surface area contributed by atoms with Gasteiger partial charge < -0.3 is 10.7 Å². The van der Waals surface area contributed by atoms with Crippen molar-refractivity contribution in [1.29, 1.82) is 0 Å². The molecule has 2 heterocycles. The molecular weight excluding hydrogens is 222 g/mol. The van der Waals surface area contributed by atoms with Crippen LogP contribution in [0.15, 0.2) is 12.3 Å². The predicted octanol–water partition coefficient (Wildman–Crippen LogP) is 2.80. The molecule has 0 spiro atoms. The van der Waals surface area contributed by atoms with Crippen LogP contribution in [0.5, 0.6) is 0 Å². The Bertz CT molecular complexity index is 504. The molecule has 0 radical (unpaired) electrons. The quantitative estimate of drug-likeness (QED) is 0.807. The molecule has 0 saturated heterocycles. The minimum absolute atomic E-state index is 0.203. The summed E-state index contributed by atoms with van der Waals surface area (Å²) in [7, 11) is 0. The van der Waals surface area contributed by atoms with Crippen LogP contribution in [-0.4, -0.2) is 16.0 Å². The lowest BCUT2D eigenvalue weighted by Crippen LogP contribution is -2.21. The van der Waals surface area contributed by atoms with Gasteiger partial charge >= 0.3 is 0 Å². The largest absolute Gasteiger partial charge is 0.346 e. The van der Waals surface area contributed by atoms with Gasteiger partial charge in [0.05, 0.1) is 0 Å². The Labute approximate surface area is 100 Å². The van der Waals surface area contributed by atoms with Crippen LogP contribution in [0.2, 0.25) is 5.15 Å². The summed E-state index contributed by atoms with van der Waals surface area (Å²) in [6.07, 6.45) is 3.84. The number of fused-ring (bicyclic) bond motifs is 1. The van der Waals surface area contributed by atoms with Gasteiger partial charge in [-0.15, -0.1) is 0 Å². The molecule has 2 aromatic rings. The fourth-order valence-electron chi connectivity index (χ4n) is 1.96. The van der Waals surface area contributed by atoms with Crippen molar-refractivity contribution in [3.8, 4) is 0 Å². The SMILES string of the molecule is CCC(N)Cc1c[nH]c2nc(Cl)cc(C)c12. The third-order valence-electron chi connectivity index (χ3n) is 2.90. The summed E-state index contributed by atoms with van der Waals surface area (Å²) in [5.41, 5.74) is 9.20. The topological polar surface area (TPSA) is 54.7 Å². The maximum atomic E-state index is 5.97. The van der Waals surface area contributed by atoms with Crippen LogP contribution in [0.3, 0.4) is 0 Å². The van der Waals surface area contributed by atoms with Crippen molar-refractivity contribution in [1.82, 2.24) is 9.97 Å². The molecule has 1 unspecified atom stereocenters. The number of aromatic amines is 1. The average molecular weight is 238 g/mol. The Kier molecular flexibility index (Phi) is 3.17. The number of halogens is 1. The second-order valence-electron chi connectivity index (χ2n) is 4.17. The van der Waals surface area contributed by atoms with Gasteiger partial charge in [0.25, 0.3) is 0 Å². The average Bonchev–Trinajstić information content (AvgIpc) is 2.61. The number of pyridine rings is 1. The van der Waals surface area contributed by atoms with E-state index in [1.807, 2.05) is 19.2 Å². The normalized spacial score (nSPS) is 13.2. The van der Waals surface area contributed by atoms with Crippen molar-refractivity contribution < 1.29 is 0 Å². The van der Waals surface area contributed by atoms with Crippen molar-refractivity contribution >= 4 is 22.6 Å². The number of H-pyrrole nitrogens is 1. The number of aromatic nitrogens is 2. The minimum Gasteiger partial charge on any atom is -0.346 e. The van der Waals surface area contributed by atoms with Gasteiger partial charge in [-0.2, -0.15) is 0 Å². The van der Waals surface area contributed by atoms with Gasteiger partial charge in [0.15, 0.2) is 0 Å². The molecule has 4 heteroatoms. The fourth-order valence-corrected chi connectivity index (χ4v) is 2.21. The van der Waals surface area contributed by atoms with Crippen molar-refractivity contribution in [3.05, 3.63) is 28.5 Å². The smallest absolute Gasteiger partial charge is 0.139 e. The molecule has 0 aliphatic rings. The number of nitrogens with one attached hydrogen (secondary N) is 1. The highest BCUT2D eigenvalue weighted by Crippen LogP contribution is 2.24. The summed E-state index contributed by atoms with van der Waals surface area (Å²) in [6.45, 7) is 4.15. The lowest BCUT2D eigenvalue weighted by Gasteiger charge is -2.08. The first-order chi connectivity index (χ1) is 7.61. The van der Waals surface area contributed by atoms with E-state index in [-0.39, 0.29) is 6.04 Å². The molecular formula is C12H16ClN3. The maximum Gasteiger partial charge on any atom is 0.139 e. The summed E-state index contributed by atoms with van der Waals surface area (Å²) >= 11 is 5.91. The molecule has 3 N–H and O–H groups in total. The van der Waals surface area contributed by atoms with Crippen LogP contribution in [-0.2, 0) is 6.42 Å². The van der Waals surface area contributed by atoms with Gasteiger partial charge in [0.1, 0.15) is 10.8 Å². The van der Waals surface area contributed by atoms with Crippen LogP contribution in [0, 0.1) is 6.92 Å². The second-order valence-corrected chi connectivity index (χ2v) is 4.56. The van der Waals surface area contributed by atoms with E-state index in [1.165, 1.54) is 5.56 Å². The van der Waals surface area contributed by atoms with Crippen LogP contribution < -0.4 is 5.73 Å². The van der Waals surface area contributed by atoms with Gasteiger partial charge in [0, 0.05) is 17.6 Å². The van der Waals surface area contributed by atoms with E-state index < -0.39 is 0 Å². The lowest BCUT2D eigenvalue weighted by atomic mass is 10.0. The van der Waals surface area contributed by atoms with E-state index in [0.717, 1.165) is 29.4 Å². The van der Waals surface area contributed by atoms with E-state index in [1.54, 1.807) is 0 Å². The van der Waals surface area contributed by atoms with Crippen molar-refractivity contribution in [2.45, 2.75) is 32.7 Å². The standard InChI is InChI=1S/C12H16ClN3/c1-3-9(14)5-8-6-15-12-11(8)7(2)4-10(13)16-12/h4,6,9H,3,5,14H2,1-2H3,(H,15,16). The van der Waals surface area contributed by atoms with Gasteiger partial charge in [-0.05, 0) is 37.0 Å². The molecule has 0 aromatic carbocycles. The molecule has 86 valence electrons. The van der Waals surface area contributed by atoms with Gasteiger partial charge in [-0.3, -0.25) is 0 Å². The summed E-state index contributed by atoms with van der Waals surface area (Å²) in [5, 5.41) is 1.69. The molecule has 0 fully saturated rings. The van der Waals surface area contributed by atoms with E-state index in [2.05, 4.69) is 16.9 Å². The maximum absolute atomic E-state index is 5.97. The van der Waals surface area contributed by atoms with Gasteiger partial charge in [-0.1, -0.05) is 18.5 Å². The van der Waals surface area contributed by atoms with E-state index in [9.17, 15) is 0 Å². The Morgan fingerprint density at radius 3 is 3.00 bits per heavy atom. The molecule has 16 heavy (non-hydrogen) atoms.